The van der Waals surface area contributed by atoms with Crippen LogP contribution in [0.1, 0.15) is 55.6 Å². The van der Waals surface area contributed by atoms with E-state index >= 15 is 0 Å². The molecule has 2 aromatic rings. The van der Waals surface area contributed by atoms with Crippen LogP contribution in [0.3, 0.4) is 0 Å². The average molecular weight is 507 g/mol. The maximum absolute atomic E-state index is 13.7. The smallest absolute Gasteiger partial charge is 0.493 e. The van der Waals surface area contributed by atoms with Crippen molar-refractivity contribution in [3.8, 4) is 11.5 Å². The molecule has 0 amide bonds. The summed E-state index contributed by atoms with van der Waals surface area (Å²) in [5, 5.41) is 3.62. The molecule has 0 bridgehead atoms. The molecule has 0 unspecified atom stereocenters. The maximum atomic E-state index is 13.7. The van der Waals surface area contributed by atoms with Crippen molar-refractivity contribution in [3.63, 3.8) is 0 Å². The largest absolute Gasteiger partial charge is 0.573 e. The van der Waals surface area contributed by atoms with Crippen molar-refractivity contribution in [2.24, 2.45) is 11.8 Å². The summed E-state index contributed by atoms with van der Waals surface area (Å²) >= 11 is 0. The van der Waals surface area contributed by atoms with Crippen LogP contribution in [0, 0.1) is 17.7 Å². The third-order valence-corrected chi connectivity index (χ3v) is 7.73. The van der Waals surface area contributed by atoms with Crippen molar-refractivity contribution in [2.75, 3.05) is 26.2 Å². The van der Waals surface area contributed by atoms with E-state index in [9.17, 15) is 17.6 Å². The summed E-state index contributed by atoms with van der Waals surface area (Å²) in [4.78, 5) is 2.52. The molecule has 1 aliphatic heterocycles. The third-order valence-electron chi connectivity index (χ3n) is 7.73. The van der Waals surface area contributed by atoms with Gasteiger partial charge in [0.25, 0.3) is 0 Å². The van der Waals surface area contributed by atoms with Crippen molar-refractivity contribution < 1.29 is 27.0 Å². The van der Waals surface area contributed by atoms with Crippen molar-refractivity contribution in [1.82, 2.24) is 10.2 Å². The lowest BCUT2D eigenvalue weighted by Crippen LogP contribution is -2.35. The number of benzene rings is 2. The first kappa shape index (κ1) is 25.3. The number of alkyl halides is 3. The van der Waals surface area contributed by atoms with Crippen LogP contribution in [-0.2, 0) is 6.54 Å². The Morgan fingerprint density at radius 3 is 2.39 bits per heavy atom. The number of rotatable bonds is 10. The second kappa shape index (κ2) is 11.0. The summed E-state index contributed by atoms with van der Waals surface area (Å²) in [6.07, 6.45) is 1.98. The summed E-state index contributed by atoms with van der Waals surface area (Å²) < 4.78 is 62.4. The fraction of sp³-hybridized carbons (Fsp3) is 0.571. The van der Waals surface area contributed by atoms with Crippen LogP contribution in [0.15, 0.2) is 42.5 Å². The lowest BCUT2D eigenvalue weighted by Gasteiger charge is -2.29. The van der Waals surface area contributed by atoms with Gasteiger partial charge in [-0.25, -0.2) is 4.39 Å². The molecule has 0 spiro atoms. The number of likely N-dealkylation sites (tertiary alicyclic amines) is 1. The highest BCUT2D eigenvalue weighted by atomic mass is 19.4. The molecule has 2 aliphatic carbocycles. The van der Waals surface area contributed by atoms with Gasteiger partial charge in [0.05, 0.1) is 6.61 Å². The molecule has 4 nitrogen and oxygen atoms in total. The van der Waals surface area contributed by atoms with E-state index in [0.717, 1.165) is 50.9 Å². The van der Waals surface area contributed by atoms with Crippen LogP contribution in [0.4, 0.5) is 17.6 Å². The zero-order valence-electron chi connectivity index (χ0n) is 20.4. The van der Waals surface area contributed by atoms with Gasteiger partial charge < -0.3 is 19.7 Å². The van der Waals surface area contributed by atoms with E-state index in [1.165, 1.54) is 37.1 Å². The van der Waals surface area contributed by atoms with Gasteiger partial charge in [-0.2, -0.15) is 0 Å². The first-order chi connectivity index (χ1) is 17.3. The molecule has 3 aliphatic rings. The van der Waals surface area contributed by atoms with Gasteiger partial charge in [0.2, 0.25) is 0 Å². The zero-order chi connectivity index (χ0) is 25.1. The maximum Gasteiger partial charge on any atom is 0.573 e. The second-order valence-electron chi connectivity index (χ2n) is 10.5. The van der Waals surface area contributed by atoms with Crippen molar-refractivity contribution in [1.29, 1.82) is 0 Å². The van der Waals surface area contributed by atoms with Gasteiger partial charge in [-0.1, -0.05) is 12.1 Å². The van der Waals surface area contributed by atoms with E-state index in [-0.39, 0.29) is 23.5 Å². The highest BCUT2D eigenvalue weighted by Gasteiger charge is 2.38. The summed E-state index contributed by atoms with van der Waals surface area (Å²) in [5.74, 6) is 1.27. The van der Waals surface area contributed by atoms with Crippen molar-refractivity contribution in [3.05, 3.63) is 59.4 Å². The lowest BCUT2D eigenvalue weighted by molar-refractivity contribution is -0.274. The topological polar surface area (TPSA) is 33.7 Å². The normalized spacial score (nSPS) is 24.8. The summed E-state index contributed by atoms with van der Waals surface area (Å²) in [6.45, 7) is 4.21. The molecule has 3 atom stereocenters. The molecule has 2 aromatic carbocycles. The number of nitrogens with one attached hydrogen (secondary N) is 1. The average Bonchev–Trinajstić information content (AvgIpc) is 3.36. The molecule has 3 fully saturated rings. The van der Waals surface area contributed by atoms with Gasteiger partial charge in [0, 0.05) is 30.6 Å². The Morgan fingerprint density at radius 2 is 1.69 bits per heavy atom. The third kappa shape index (κ3) is 6.71. The van der Waals surface area contributed by atoms with Gasteiger partial charge in [-0.15, -0.1) is 13.2 Å². The molecule has 8 heteroatoms. The predicted molar refractivity (Wildman–Crippen MR) is 130 cm³/mol. The highest BCUT2D eigenvalue weighted by Crippen LogP contribution is 2.41. The van der Waals surface area contributed by atoms with Crippen LogP contribution < -0.4 is 14.8 Å². The van der Waals surface area contributed by atoms with E-state index in [0.29, 0.717) is 36.3 Å². The molecule has 36 heavy (non-hydrogen) atoms. The van der Waals surface area contributed by atoms with E-state index < -0.39 is 6.36 Å². The molecule has 2 saturated carbocycles. The van der Waals surface area contributed by atoms with Gasteiger partial charge in [-0.05, 0) is 99.3 Å². The Bertz CT molecular complexity index is 1000. The molecule has 5 rings (SSSR count). The van der Waals surface area contributed by atoms with Gasteiger partial charge in [-0.3, -0.25) is 0 Å². The van der Waals surface area contributed by atoms with Crippen molar-refractivity contribution in [2.45, 2.75) is 63.4 Å². The molecule has 0 aromatic heterocycles. The standard InChI is InChI=1S/C28H34F4N2O2/c29-23-8-5-20(6-9-23)27-21(17-34-13-1-2-14-34)7-11-25(27)33-16-22-15-24(36-28(30,31)32)10-12-26(22)35-18-19-3-4-19/h5-6,8-10,12,15,19,21,25,27,33H,1-4,7,11,13-14,16-18H2/t21-,25+,27-/m1/s1. The molecule has 1 N–H and O–H groups in total. The molecular formula is C28H34F4N2O2. The predicted octanol–water partition coefficient (Wildman–Crippen LogP) is 6.26. The van der Waals surface area contributed by atoms with E-state index in [1.54, 1.807) is 6.07 Å². The monoisotopic (exact) mass is 506 g/mol. The summed E-state index contributed by atoms with van der Waals surface area (Å²) in [6, 6.07) is 11.2. The zero-order valence-corrected chi connectivity index (χ0v) is 20.4. The van der Waals surface area contributed by atoms with Crippen LogP contribution in [0.25, 0.3) is 0 Å². The van der Waals surface area contributed by atoms with Gasteiger partial charge in [0.15, 0.2) is 0 Å². The summed E-state index contributed by atoms with van der Waals surface area (Å²) in [7, 11) is 0. The second-order valence-corrected chi connectivity index (χ2v) is 10.5. The van der Waals surface area contributed by atoms with Crippen LogP contribution >= 0.6 is 0 Å². The highest BCUT2D eigenvalue weighted by molar-refractivity contribution is 5.40. The Kier molecular flexibility index (Phi) is 7.72. The van der Waals surface area contributed by atoms with E-state index in [2.05, 4.69) is 15.0 Å². The van der Waals surface area contributed by atoms with Gasteiger partial charge in [0.1, 0.15) is 17.3 Å². The number of nitrogens with zero attached hydrogens (tertiary/aromatic N) is 1. The Balaban J connectivity index is 1.32. The summed E-state index contributed by atoms with van der Waals surface area (Å²) in [5.41, 5.74) is 1.76. The molecule has 0 radical (unpaired) electrons. The van der Waals surface area contributed by atoms with Crippen LogP contribution in [0.2, 0.25) is 0 Å². The Labute approximate surface area is 210 Å². The first-order valence-corrected chi connectivity index (χ1v) is 13.1. The van der Waals surface area contributed by atoms with Crippen LogP contribution in [0.5, 0.6) is 11.5 Å². The minimum absolute atomic E-state index is 0.131. The number of hydrogen-bond acceptors (Lipinski definition) is 4. The fourth-order valence-corrected chi connectivity index (χ4v) is 5.77. The van der Waals surface area contributed by atoms with Crippen molar-refractivity contribution >= 4 is 0 Å². The number of ether oxygens (including phenoxy) is 2. The Morgan fingerprint density at radius 1 is 0.944 bits per heavy atom. The SMILES string of the molecule is Fc1ccc([C@@H]2[C@@H](CN3CCCC3)CC[C@@H]2NCc2cc(OC(F)(F)F)ccc2OCC2CC2)cc1. The minimum Gasteiger partial charge on any atom is -0.493 e. The Hall–Kier alpha value is -2.32. The molecule has 1 saturated heterocycles. The minimum atomic E-state index is -4.75. The number of hydrogen-bond donors (Lipinski definition) is 1. The quantitative estimate of drug-likeness (QED) is 0.386. The first-order valence-electron chi connectivity index (χ1n) is 13.1. The fourth-order valence-electron chi connectivity index (χ4n) is 5.77. The van der Waals surface area contributed by atoms with Crippen LogP contribution in [-0.4, -0.2) is 43.5 Å². The van der Waals surface area contributed by atoms with E-state index in [1.807, 2.05) is 12.1 Å². The lowest BCUT2D eigenvalue weighted by atomic mass is 9.86. The van der Waals surface area contributed by atoms with E-state index in [4.69, 9.17) is 4.74 Å². The molecular weight excluding hydrogens is 472 g/mol. The number of halogens is 4. The molecule has 196 valence electrons. The molecule has 1 heterocycles. The van der Waals surface area contributed by atoms with Gasteiger partial charge >= 0.3 is 6.36 Å².